The summed E-state index contributed by atoms with van der Waals surface area (Å²) >= 11 is 0. The van der Waals surface area contributed by atoms with Gasteiger partial charge < -0.3 is 10.7 Å². The first kappa shape index (κ1) is 8.31. The van der Waals surface area contributed by atoms with Gasteiger partial charge in [-0.15, -0.1) is 0 Å². The van der Waals surface area contributed by atoms with Crippen molar-refractivity contribution in [1.82, 2.24) is 4.98 Å². The summed E-state index contributed by atoms with van der Waals surface area (Å²) in [4.78, 5) is 16.2. The number of carbonyl (C=O) groups is 1. The Labute approximate surface area is 76.7 Å². The Morgan fingerprint density at radius 3 is 2.85 bits per heavy atom. The first-order chi connectivity index (χ1) is 6.13. The Hall–Kier alpha value is -1.29. The number of likely N-dealkylation sites (N-methyl/N-ethyl adjacent to an activating group) is 1. The van der Waals surface area contributed by atoms with E-state index in [1.54, 1.807) is 18.1 Å². The molecule has 2 rings (SSSR count). The van der Waals surface area contributed by atoms with Gasteiger partial charge in [-0.1, -0.05) is 0 Å². The summed E-state index contributed by atoms with van der Waals surface area (Å²) in [5.74, 6) is 0.789. The molecule has 0 radical (unpaired) electrons. The summed E-state index contributed by atoms with van der Waals surface area (Å²) in [6.45, 7) is 0. The molecule has 0 aromatic carbocycles. The molecule has 0 saturated heterocycles. The molecule has 70 valence electrons. The van der Waals surface area contributed by atoms with E-state index in [-0.39, 0.29) is 5.91 Å². The van der Waals surface area contributed by atoms with Crippen LogP contribution in [0.1, 0.15) is 12.8 Å². The van der Waals surface area contributed by atoms with E-state index in [2.05, 4.69) is 4.98 Å². The van der Waals surface area contributed by atoms with Crippen molar-refractivity contribution in [2.45, 2.75) is 18.4 Å². The minimum absolute atomic E-state index is 0.00468. The van der Waals surface area contributed by atoms with Crippen LogP contribution in [0.5, 0.6) is 0 Å². The number of H-pyrrole nitrogens is 1. The fourth-order valence-corrected chi connectivity index (χ4v) is 1.32. The Morgan fingerprint density at radius 1 is 1.69 bits per heavy atom. The number of nitrogens with zero attached hydrogens (tertiary/aromatic N) is 1. The fraction of sp³-hybridized carbons (Fsp3) is 0.444. The Kier molecular flexibility index (Phi) is 1.66. The molecule has 1 aromatic heterocycles. The van der Waals surface area contributed by atoms with Gasteiger partial charge in [-0.3, -0.25) is 9.69 Å². The van der Waals surface area contributed by atoms with Gasteiger partial charge in [-0.05, 0) is 25.0 Å². The normalized spacial score (nSPS) is 18.3. The summed E-state index contributed by atoms with van der Waals surface area (Å²) < 4.78 is 0. The maximum atomic E-state index is 11.7. The molecule has 0 spiro atoms. The molecule has 1 aliphatic rings. The summed E-state index contributed by atoms with van der Waals surface area (Å²) in [6, 6.07) is 3.71. The molecule has 13 heavy (non-hydrogen) atoms. The van der Waals surface area contributed by atoms with E-state index >= 15 is 0 Å². The van der Waals surface area contributed by atoms with Gasteiger partial charge in [0.05, 0.1) is 5.54 Å². The number of aromatic amines is 1. The predicted octanol–water partition coefficient (Wildman–Crippen LogP) is 0.469. The highest BCUT2D eigenvalue weighted by molar-refractivity contribution is 6.01. The Morgan fingerprint density at radius 2 is 2.38 bits per heavy atom. The Bertz CT molecular complexity index is 314. The molecule has 0 bridgehead atoms. The molecule has 1 amide bonds. The van der Waals surface area contributed by atoms with E-state index in [9.17, 15) is 4.79 Å². The molecule has 1 aromatic rings. The van der Waals surface area contributed by atoms with Crippen LogP contribution in [0.25, 0.3) is 0 Å². The lowest BCUT2D eigenvalue weighted by Crippen LogP contribution is -2.44. The van der Waals surface area contributed by atoms with E-state index in [0.29, 0.717) is 0 Å². The number of aromatic nitrogens is 1. The highest BCUT2D eigenvalue weighted by Crippen LogP contribution is 2.34. The second-order valence-corrected chi connectivity index (χ2v) is 3.58. The number of hydrogen-bond acceptors (Lipinski definition) is 2. The zero-order valence-electron chi connectivity index (χ0n) is 7.58. The minimum Gasteiger partial charge on any atom is -0.348 e. The van der Waals surface area contributed by atoms with Crippen molar-refractivity contribution in [2.75, 3.05) is 11.9 Å². The van der Waals surface area contributed by atoms with Gasteiger partial charge in [-0.2, -0.15) is 0 Å². The Balaban J connectivity index is 2.14. The average Bonchev–Trinajstić information content (AvgIpc) is 2.71. The lowest BCUT2D eigenvalue weighted by atomic mass is 10.2. The quantitative estimate of drug-likeness (QED) is 0.693. The van der Waals surface area contributed by atoms with Crippen LogP contribution in [-0.2, 0) is 4.79 Å². The standard InChI is InChI=1S/C9H13N3O/c1-12(7-3-2-6-11-7)8(13)9(10)4-5-9/h2-3,6,11H,4-5,10H2,1H3. The zero-order chi connectivity index (χ0) is 9.47. The van der Waals surface area contributed by atoms with Crippen molar-refractivity contribution in [3.63, 3.8) is 0 Å². The topological polar surface area (TPSA) is 62.1 Å². The number of nitrogens with two attached hydrogens (primary N) is 1. The molecule has 1 saturated carbocycles. The van der Waals surface area contributed by atoms with Crippen LogP contribution >= 0.6 is 0 Å². The smallest absolute Gasteiger partial charge is 0.247 e. The predicted molar refractivity (Wildman–Crippen MR) is 50.4 cm³/mol. The SMILES string of the molecule is CN(C(=O)C1(N)CC1)c1ccc[nH]1. The van der Waals surface area contributed by atoms with Gasteiger partial charge in [0, 0.05) is 13.2 Å². The van der Waals surface area contributed by atoms with Gasteiger partial charge in [0.25, 0.3) is 0 Å². The zero-order valence-corrected chi connectivity index (χ0v) is 7.58. The van der Waals surface area contributed by atoms with Gasteiger partial charge in [0.15, 0.2) is 0 Å². The second-order valence-electron chi connectivity index (χ2n) is 3.58. The summed E-state index contributed by atoms with van der Waals surface area (Å²) in [6.07, 6.45) is 3.39. The molecule has 1 aliphatic carbocycles. The maximum Gasteiger partial charge on any atom is 0.247 e. The van der Waals surface area contributed by atoms with Crippen LogP contribution in [0.15, 0.2) is 18.3 Å². The van der Waals surface area contributed by atoms with E-state index in [0.717, 1.165) is 18.7 Å². The third-order valence-electron chi connectivity index (χ3n) is 2.46. The molecule has 1 fully saturated rings. The molecule has 1 heterocycles. The van der Waals surface area contributed by atoms with Gasteiger partial charge in [-0.25, -0.2) is 0 Å². The number of hydrogen-bond donors (Lipinski definition) is 2. The largest absolute Gasteiger partial charge is 0.348 e. The van der Waals surface area contributed by atoms with Gasteiger partial charge in [0.2, 0.25) is 5.91 Å². The molecule has 0 atom stereocenters. The maximum absolute atomic E-state index is 11.7. The van der Waals surface area contributed by atoms with Crippen LogP contribution in [0.2, 0.25) is 0 Å². The average molecular weight is 179 g/mol. The van der Waals surface area contributed by atoms with Crippen LogP contribution in [-0.4, -0.2) is 23.5 Å². The van der Waals surface area contributed by atoms with Gasteiger partial charge >= 0.3 is 0 Å². The number of nitrogens with one attached hydrogen (secondary N) is 1. The molecule has 4 heteroatoms. The lowest BCUT2D eigenvalue weighted by molar-refractivity contribution is -0.120. The van der Waals surface area contributed by atoms with Crippen molar-refractivity contribution < 1.29 is 4.79 Å². The van der Waals surface area contributed by atoms with Crippen molar-refractivity contribution in [3.8, 4) is 0 Å². The van der Waals surface area contributed by atoms with Crippen LogP contribution in [0, 0.1) is 0 Å². The van der Waals surface area contributed by atoms with E-state index in [4.69, 9.17) is 5.73 Å². The van der Waals surface area contributed by atoms with Crippen LogP contribution in [0.4, 0.5) is 5.82 Å². The lowest BCUT2D eigenvalue weighted by Gasteiger charge is -2.19. The molecule has 3 N–H and O–H groups in total. The van der Waals surface area contributed by atoms with Crippen LogP contribution in [0.3, 0.4) is 0 Å². The van der Waals surface area contributed by atoms with E-state index < -0.39 is 5.54 Å². The molecular formula is C9H13N3O. The van der Waals surface area contributed by atoms with Crippen molar-refractivity contribution in [1.29, 1.82) is 0 Å². The third-order valence-corrected chi connectivity index (χ3v) is 2.46. The fourth-order valence-electron chi connectivity index (χ4n) is 1.32. The number of anilines is 1. The first-order valence-electron chi connectivity index (χ1n) is 4.34. The molecule has 0 aliphatic heterocycles. The van der Waals surface area contributed by atoms with E-state index in [1.807, 2.05) is 12.1 Å². The van der Waals surface area contributed by atoms with Crippen molar-refractivity contribution >= 4 is 11.7 Å². The summed E-state index contributed by atoms with van der Waals surface area (Å²) in [5.41, 5.74) is 5.21. The van der Waals surface area contributed by atoms with Crippen molar-refractivity contribution in [2.24, 2.45) is 5.73 Å². The number of carbonyl (C=O) groups excluding carboxylic acids is 1. The molecule has 4 nitrogen and oxygen atoms in total. The monoisotopic (exact) mass is 179 g/mol. The second kappa shape index (κ2) is 2.60. The molecule has 0 unspecified atom stereocenters. The van der Waals surface area contributed by atoms with Gasteiger partial charge in [0.1, 0.15) is 5.82 Å². The van der Waals surface area contributed by atoms with E-state index in [1.165, 1.54) is 0 Å². The third kappa shape index (κ3) is 1.33. The summed E-state index contributed by atoms with van der Waals surface area (Å²) in [7, 11) is 1.74. The van der Waals surface area contributed by atoms with Crippen molar-refractivity contribution in [3.05, 3.63) is 18.3 Å². The highest BCUT2D eigenvalue weighted by atomic mass is 16.2. The number of rotatable bonds is 2. The summed E-state index contributed by atoms with van der Waals surface area (Å²) in [5, 5.41) is 0. The number of amides is 1. The minimum atomic E-state index is -0.583. The molecular weight excluding hydrogens is 166 g/mol. The first-order valence-corrected chi connectivity index (χ1v) is 4.34. The highest BCUT2D eigenvalue weighted by Gasteiger charge is 2.47. The van der Waals surface area contributed by atoms with Crippen LogP contribution < -0.4 is 10.6 Å².